The summed E-state index contributed by atoms with van der Waals surface area (Å²) < 4.78 is 9.70. The summed E-state index contributed by atoms with van der Waals surface area (Å²) in [5.41, 5.74) is 0.859. The molecule has 0 saturated heterocycles. The van der Waals surface area contributed by atoms with Crippen LogP contribution in [0.3, 0.4) is 0 Å². The summed E-state index contributed by atoms with van der Waals surface area (Å²) in [4.78, 5) is 35.2. The number of benzene rings is 1. The number of alkyl carbamates (subject to hydrolysis) is 1. The lowest BCUT2D eigenvalue weighted by molar-refractivity contribution is -0.143. The Labute approximate surface area is 153 Å². The molecule has 0 fully saturated rings. The van der Waals surface area contributed by atoms with Gasteiger partial charge in [0.25, 0.3) is 0 Å². The van der Waals surface area contributed by atoms with E-state index >= 15 is 0 Å². The highest BCUT2D eigenvalue weighted by molar-refractivity contribution is 5.85. The molecule has 0 bridgehead atoms. The molecule has 0 heterocycles. The molecule has 0 unspecified atom stereocenters. The molecule has 1 aromatic rings. The van der Waals surface area contributed by atoms with Gasteiger partial charge in [-0.05, 0) is 26.3 Å². The number of methoxy groups -OCH3 is 1. The van der Waals surface area contributed by atoms with Crippen molar-refractivity contribution in [3.8, 4) is 0 Å². The Morgan fingerprint density at radius 3 is 2.31 bits per heavy atom. The fourth-order valence-electron chi connectivity index (χ4n) is 2.00. The van der Waals surface area contributed by atoms with Gasteiger partial charge in [-0.2, -0.15) is 0 Å². The maximum atomic E-state index is 12.1. The summed E-state index contributed by atoms with van der Waals surface area (Å²) in [6.07, 6.45) is 2.68. The minimum absolute atomic E-state index is 0.131. The Bertz CT molecular complexity index is 630. The molecule has 7 nitrogen and oxygen atoms in total. The van der Waals surface area contributed by atoms with E-state index in [0.29, 0.717) is 0 Å². The van der Waals surface area contributed by atoms with Crippen LogP contribution in [-0.2, 0) is 25.7 Å². The minimum atomic E-state index is -0.757. The first-order valence-electron chi connectivity index (χ1n) is 8.37. The van der Waals surface area contributed by atoms with E-state index < -0.39 is 18.1 Å². The molecule has 0 saturated carbocycles. The molecule has 26 heavy (non-hydrogen) atoms. The number of rotatable bonds is 8. The van der Waals surface area contributed by atoms with Crippen molar-refractivity contribution in [3.63, 3.8) is 0 Å². The quantitative estimate of drug-likeness (QED) is 0.546. The van der Waals surface area contributed by atoms with Crippen molar-refractivity contribution < 1.29 is 23.9 Å². The SMILES string of the molecule is COC(=O)[C@H](C)/C=C/[C@H](C)NC(=O)[C@H](C)NC(=O)OCc1ccccc1. The summed E-state index contributed by atoms with van der Waals surface area (Å²) in [5.74, 6) is -1.11. The van der Waals surface area contributed by atoms with E-state index in [1.54, 1.807) is 32.9 Å². The second kappa shape index (κ2) is 10.9. The summed E-state index contributed by atoms with van der Waals surface area (Å²) in [6, 6.07) is 8.19. The predicted octanol–water partition coefficient (Wildman–Crippen LogP) is 2.17. The van der Waals surface area contributed by atoms with Crippen LogP contribution in [0.25, 0.3) is 0 Å². The molecule has 1 aromatic carbocycles. The largest absolute Gasteiger partial charge is 0.469 e. The summed E-state index contributed by atoms with van der Waals surface area (Å²) in [7, 11) is 1.32. The maximum Gasteiger partial charge on any atom is 0.408 e. The van der Waals surface area contributed by atoms with Crippen molar-refractivity contribution in [2.45, 2.75) is 39.5 Å². The van der Waals surface area contributed by atoms with Crippen molar-refractivity contribution in [1.82, 2.24) is 10.6 Å². The van der Waals surface area contributed by atoms with Crippen molar-refractivity contribution in [2.24, 2.45) is 5.92 Å². The standard InChI is InChI=1S/C19H26N2O5/c1-13(18(23)25-4)10-11-14(2)20-17(22)15(3)21-19(24)26-12-16-8-6-5-7-9-16/h5-11,13-15H,12H2,1-4H3,(H,20,22)(H,21,24)/b11-10+/t13-,14+,15+/m1/s1. The van der Waals surface area contributed by atoms with Crippen LogP contribution >= 0.6 is 0 Å². The molecular formula is C19H26N2O5. The second-order valence-electron chi connectivity index (χ2n) is 5.92. The van der Waals surface area contributed by atoms with Crippen LogP contribution in [-0.4, -0.2) is 37.2 Å². The summed E-state index contributed by atoms with van der Waals surface area (Å²) in [6.45, 7) is 5.15. The molecule has 3 atom stereocenters. The first-order chi connectivity index (χ1) is 12.3. The van der Waals surface area contributed by atoms with Crippen molar-refractivity contribution >= 4 is 18.0 Å². The normalized spacial score (nSPS) is 14.2. The minimum Gasteiger partial charge on any atom is -0.469 e. The van der Waals surface area contributed by atoms with E-state index in [9.17, 15) is 14.4 Å². The fraction of sp³-hybridized carbons (Fsp3) is 0.421. The molecule has 0 radical (unpaired) electrons. The molecule has 0 spiro atoms. The molecule has 142 valence electrons. The zero-order chi connectivity index (χ0) is 19.5. The van der Waals surface area contributed by atoms with Gasteiger partial charge >= 0.3 is 12.1 Å². The van der Waals surface area contributed by atoms with Gasteiger partial charge in [0.15, 0.2) is 0 Å². The Balaban J connectivity index is 2.38. The van der Waals surface area contributed by atoms with E-state index in [0.717, 1.165) is 5.56 Å². The van der Waals surface area contributed by atoms with Crippen LogP contribution in [0.4, 0.5) is 4.79 Å². The molecule has 7 heteroatoms. The average Bonchev–Trinajstić information content (AvgIpc) is 2.64. The first-order valence-corrected chi connectivity index (χ1v) is 8.37. The Hall–Kier alpha value is -2.83. The molecule has 2 N–H and O–H groups in total. The molecule has 0 aliphatic heterocycles. The van der Waals surface area contributed by atoms with E-state index in [-0.39, 0.29) is 24.5 Å². The second-order valence-corrected chi connectivity index (χ2v) is 5.92. The van der Waals surface area contributed by atoms with Gasteiger partial charge in [-0.1, -0.05) is 42.5 Å². The van der Waals surface area contributed by atoms with Crippen molar-refractivity contribution in [3.05, 3.63) is 48.0 Å². The number of carbonyl (C=O) groups is 3. The number of ether oxygens (including phenoxy) is 2. The third-order valence-corrected chi connectivity index (χ3v) is 3.57. The predicted molar refractivity (Wildman–Crippen MR) is 97.1 cm³/mol. The van der Waals surface area contributed by atoms with Gasteiger partial charge in [-0.3, -0.25) is 9.59 Å². The number of hydrogen-bond acceptors (Lipinski definition) is 5. The summed E-state index contributed by atoms with van der Waals surface area (Å²) in [5, 5.41) is 5.20. The van der Waals surface area contributed by atoms with Gasteiger partial charge in [-0.25, -0.2) is 4.79 Å². The lowest BCUT2D eigenvalue weighted by atomic mass is 10.1. The van der Waals surface area contributed by atoms with Crippen molar-refractivity contribution in [1.29, 1.82) is 0 Å². The van der Waals surface area contributed by atoms with E-state index in [2.05, 4.69) is 15.4 Å². The Morgan fingerprint density at radius 2 is 1.69 bits per heavy atom. The van der Waals surface area contributed by atoms with Crippen LogP contribution in [0.1, 0.15) is 26.3 Å². The Morgan fingerprint density at radius 1 is 1.04 bits per heavy atom. The van der Waals surface area contributed by atoms with Gasteiger partial charge < -0.3 is 20.1 Å². The van der Waals surface area contributed by atoms with E-state index in [1.807, 2.05) is 30.3 Å². The van der Waals surface area contributed by atoms with Crippen LogP contribution < -0.4 is 10.6 Å². The van der Waals surface area contributed by atoms with Crippen LogP contribution in [0.15, 0.2) is 42.5 Å². The van der Waals surface area contributed by atoms with E-state index in [1.165, 1.54) is 7.11 Å². The molecule has 0 aliphatic carbocycles. The van der Waals surface area contributed by atoms with Gasteiger partial charge in [0.1, 0.15) is 12.6 Å². The molecule has 1 rings (SSSR count). The summed E-state index contributed by atoms with van der Waals surface area (Å²) >= 11 is 0. The molecule has 0 aliphatic rings. The average molecular weight is 362 g/mol. The van der Waals surface area contributed by atoms with Crippen molar-refractivity contribution in [2.75, 3.05) is 7.11 Å². The van der Waals surface area contributed by atoms with Crippen LogP contribution in [0.2, 0.25) is 0 Å². The number of amides is 2. The zero-order valence-corrected chi connectivity index (χ0v) is 15.5. The smallest absolute Gasteiger partial charge is 0.408 e. The number of nitrogens with one attached hydrogen (secondary N) is 2. The highest BCUT2D eigenvalue weighted by Gasteiger charge is 2.17. The van der Waals surface area contributed by atoms with Gasteiger partial charge in [-0.15, -0.1) is 0 Å². The first kappa shape index (κ1) is 21.2. The monoisotopic (exact) mass is 362 g/mol. The molecule has 0 aromatic heterocycles. The number of carbonyl (C=O) groups excluding carboxylic acids is 3. The van der Waals surface area contributed by atoms with Gasteiger partial charge in [0.2, 0.25) is 5.91 Å². The van der Waals surface area contributed by atoms with Gasteiger partial charge in [0.05, 0.1) is 13.0 Å². The Kier molecular flexibility index (Phi) is 8.91. The zero-order valence-electron chi connectivity index (χ0n) is 15.5. The van der Waals surface area contributed by atoms with Crippen LogP contribution in [0.5, 0.6) is 0 Å². The van der Waals surface area contributed by atoms with E-state index in [4.69, 9.17) is 4.74 Å². The molecular weight excluding hydrogens is 336 g/mol. The van der Waals surface area contributed by atoms with Crippen LogP contribution in [0, 0.1) is 5.92 Å². The highest BCUT2D eigenvalue weighted by atomic mass is 16.5. The topological polar surface area (TPSA) is 93.7 Å². The number of hydrogen-bond donors (Lipinski definition) is 2. The lowest BCUT2D eigenvalue weighted by Crippen LogP contribution is -2.47. The molecule has 2 amide bonds. The lowest BCUT2D eigenvalue weighted by Gasteiger charge is -2.17. The fourth-order valence-corrected chi connectivity index (χ4v) is 2.00. The third-order valence-electron chi connectivity index (χ3n) is 3.57. The third kappa shape index (κ3) is 7.83. The van der Waals surface area contributed by atoms with Gasteiger partial charge in [0, 0.05) is 6.04 Å². The number of esters is 1. The highest BCUT2D eigenvalue weighted by Crippen LogP contribution is 2.02. The maximum absolute atomic E-state index is 12.1.